The van der Waals surface area contributed by atoms with Gasteiger partial charge in [0.2, 0.25) is 5.91 Å². The second kappa shape index (κ2) is 8.77. The Balaban J connectivity index is 1.38. The highest BCUT2D eigenvalue weighted by molar-refractivity contribution is 5.92. The number of rotatable bonds is 6. The molecule has 1 aliphatic heterocycles. The topological polar surface area (TPSA) is 87.5 Å². The van der Waals surface area contributed by atoms with Crippen molar-refractivity contribution >= 4 is 11.8 Å². The van der Waals surface area contributed by atoms with Gasteiger partial charge in [-0.05, 0) is 25.8 Å². The molecule has 1 aliphatic rings. The molecule has 1 saturated heterocycles. The van der Waals surface area contributed by atoms with Crippen LogP contribution in [-0.4, -0.2) is 47.5 Å². The van der Waals surface area contributed by atoms with Gasteiger partial charge in [0.1, 0.15) is 11.6 Å². The number of nitrogens with one attached hydrogen (secondary N) is 2. The molecule has 0 atom stereocenters. The first-order chi connectivity index (χ1) is 13.0. The molecule has 0 aliphatic carbocycles. The number of amides is 2. The van der Waals surface area contributed by atoms with E-state index in [9.17, 15) is 14.0 Å². The van der Waals surface area contributed by atoms with Gasteiger partial charge in [-0.3, -0.25) is 14.5 Å². The van der Waals surface area contributed by atoms with Crippen molar-refractivity contribution < 1.29 is 18.5 Å². The van der Waals surface area contributed by atoms with Crippen molar-refractivity contribution in [3.05, 3.63) is 53.2 Å². The average molecular weight is 374 g/mol. The number of hydrogen-bond donors (Lipinski definition) is 2. The molecule has 0 bridgehead atoms. The normalized spacial score (nSPS) is 15.5. The van der Waals surface area contributed by atoms with E-state index < -0.39 is 0 Å². The summed E-state index contributed by atoms with van der Waals surface area (Å²) in [4.78, 5) is 26.2. The molecule has 2 N–H and O–H groups in total. The average Bonchev–Trinajstić information content (AvgIpc) is 3.09. The van der Waals surface area contributed by atoms with Crippen LogP contribution in [0, 0.1) is 12.7 Å². The molecular weight excluding hydrogens is 351 g/mol. The zero-order valence-corrected chi connectivity index (χ0v) is 15.2. The van der Waals surface area contributed by atoms with Gasteiger partial charge >= 0.3 is 0 Å². The fraction of sp³-hybridized carbons (Fsp3) is 0.421. The lowest BCUT2D eigenvalue weighted by Gasteiger charge is -2.31. The predicted molar refractivity (Wildman–Crippen MR) is 96.4 cm³/mol. The number of hydrogen-bond acceptors (Lipinski definition) is 5. The van der Waals surface area contributed by atoms with Crippen LogP contribution < -0.4 is 10.6 Å². The van der Waals surface area contributed by atoms with Crippen LogP contribution in [0.1, 0.15) is 34.7 Å². The maximum absolute atomic E-state index is 13.6. The molecule has 0 spiro atoms. The van der Waals surface area contributed by atoms with Crippen LogP contribution in [0.4, 0.5) is 4.39 Å². The minimum absolute atomic E-state index is 0.0484. The molecule has 7 nitrogen and oxygen atoms in total. The summed E-state index contributed by atoms with van der Waals surface area (Å²) in [5.41, 5.74) is 0.748. The Morgan fingerprint density at radius 2 is 2.04 bits per heavy atom. The van der Waals surface area contributed by atoms with Crippen LogP contribution in [0.5, 0.6) is 0 Å². The summed E-state index contributed by atoms with van der Waals surface area (Å²) in [6.07, 6.45) is 1.51. The highest BCUT2D eigenvalue weighted by Gasteiger charge is 2.23. The maximum Gasteiger partial charge on any atom is 0.273 e. The van der Waals surface area contributed by atoms with Gasteiger partial charge in [-0.2, -0.15) is 0 Å². The Kier molecular flexibility index (Phi) is 6.18. The van der Waals surface area contributed by atoms with E-state index in [-0.39, 0.29) is 42.5 Å². The third-order valence-corrected chi connectivity index (χ3v) is 4.58. The Morgan fingerprint density at radius 3 is 2.70 bits per heavy atom. The van der Waals surface area contributed by atoms with Crippen molar-refractivity contribution in [2.45, 2.75) is 32.4 Å². The van der Waals surface area contributed by atoms with Gasteiger partial charge in [0.15, 0.2) is 5.69 Å². The summed E-state index contributed by atoms with van der Waals surface area (Å²) in [7, 11) is 0. The Labute approximate surface area is 156 Å². The quantitative estimate of drug-likeness (QED) is 0.803. The second-order valence-corrected chi connectivity index (χ2v) is 6.71. The standard InChI is InChI=1S/C19H23FN4O3/c1-13-10-17(23-27-13)19(26)22-15-6-8-24(9-7-15)12-18(25)21-11-14-4-2-3-5-16(14)20/h2-5,10,15H,6-9,11-12H2,1H3,(H,21,25)(H,22,26). The van der Waals surface area contributed by atoms with Gasteiger partial charge < -0.3 is 15.2 Å². The van der Waals surface area contributed by atoms with E-state index in [1.807, 2.05) is 4.90 Å². The molecule has 2 aromatic rings. The van der Waals surface area contributed by atoms with Crippen molar-refractivity contribution in [3.63, 3.8) is 0 Å². The van der Waals surface area contributed by atoms with Crippen LogP contribution in [0.3, 0.4) is 0 Å². The molecule has 144 valence electrons. The molecule has 8 heteroatoms. The molecule has 2 heterocycles. The van der Waals surface area contributed by atoms with Gasteiger partial charge in [-0.1, -0.05) is 23.4 Å². The summed E-state index contributed by atoms with van der Waals surface area (Å²) in [6, 6.07) is 8.04. The van der Waals surface area contributed by atoms with Crippen LogP contribution in [0.25, 0.3) is 0 Å². The zero-order valence-electron chi connectivity index (χ0n) is 15.2. The Bertz CT molecular complexity index is 800. The van der Waals surface area contributed by atoms with Crippen LogP contribution in [0.2, 0.25) is 0 Å². The molecule has 1 fully saturated rings. The summed E-state index contributed by atoms with van der Waals surface area (Å²) in [5, 5.41) is 9.40. The van der Waals surface area contributed by atoms with Crippen molar-refractivity contribution in [1.29, 1.82) is 0 Å². The smallest absolute Gasteiger partial charge is 0.273 e. The second-order valence-electron chi connectivity index (χ2n) is 6.71. The van der Waals surface area contributed by atoms with E-state index in [2.05, 4.69) is 15.8 Å². The minimum Gasteiger partial charge on any atom is -0.361 e. The summed E-state index contributed by atoms with van der Waals surface area (Å²) in [5.74, 6) is -0.111. The summed E-state index contributed by atoms with van der Waals surface area (Å²) in [6.45, 7) is 3.58. The number of carbonyl (C=O) groups excluding carboxylic acids is 2. The van der Waals surface area contributed by atoms with E-state index in [1.165, 1.54) is 6.07 Å². The SMILES string of the molecule is Cc1cc(C(=O)NC2CCN(CC(=O)NCc3ccccc3F)CC2)no1. The Morgan fingerprint density at radius 1 is 1.30 bits per heavy atom. The highest BCUT2D eigenvalue weighted by Crippen LogP contribution is 2.11. The lowest BCUT2D eigenvalue weighted by atomic mass is 10.0. The molecular formula is C19H23FN4O3. The molecule has 0 saturated carbocycles. The van der Waals surface area contributed by atoms with Gasteiger partial charge in [0.25, 0.3) is 5.91 Å². The van der Waals surface area contributed by atoms with Crippen molar-refractivity contribution in [1.82, 2.24) is 20.7 Å². The van der Waals surface area contributed by atoms with Gasteiger partial charge in [-0.25, -0.2) is 4.39 Å². The fourth-order valence-electron chi connectivity index (χ4n) is 3.06. The maximum atomic E-state index is 13.6. The van der Waals surface area contributed by atoms with Crippen molar-refractivity contribution in [3.8, 4) is 0 Å². The van der Waals surface area contributed by atoms with E-state index in [0.29, 0.717) is 24.4 Å². The largest absolute Gasteiger partial charge is 0.361 e. The van der Waals surface area contributed by atoms with Gasteiger partial charge in [-0.15, -0.1) is 0 Å². The third-order valence-electron chi connectivity index (χ3n) is 4.58. The summed E-state index contributed by atoms with van der Waals surface area (Å²) >= 11 is 0. The summed E-state index contributed by atoms with van der Waals surface area (Å²) < 4.78 is 18.5. The molecule has 3 rings (SSSR count). The molecule has 2 amide bonds. The molecule has 27 heavy (non-hydrogen) atoms. The van der Waals surface area contributed by atoms with E-state index in [4.69, 9.17) is 4.52 Å². The van der Waals surface area contributed by atoms with Crippen molar-refractivity contribution in [2.75, 3.05) is 19.6 Å². The van der Waals surface area contributed by atoms with Crippen molar-refractivity contribution in [2.24, 2.45) is 0 Å². The van der Waals surface area contributed by atoms with Crippen LogP contribution in [0.15, 0.2) is 34.9 Å². The number of aryl methyl sites for hydroxylation is 1. The first kappa shape index (κ1) is 19.0. The lowest BCUT2D eigenvalue weighted by molar-refractivity contribution is -0.122. The third kappa shape index (κ3) is 5.37. The molecule has 1 aromatic heterocycles. The number of nitrogens with zero attached hydrogens (tertiary/aromatic N) is 2. The van der Waals surface area contributed by atoms with Gasteiger partial charge in [0.05, 0.1) is 6.54 Å². The van der Waals surface area contributed by atoms with Crippen LogP contribution >= 0.6 is 0 Å². The zero-order chi connectivity index (χ0) is 19.2. The number of benzene rings is 1. The number of halogens is 1. The number of aromatic nitrogens is 1. The van der Waals surface area contributed by atoms with E-state index in [1.54, 1.807) is 31.2 Å². The number of piperidine rings is 1. The van der Waals surface area contributed by atoms with E-state index in [0.717, 1.165) is 12.8 Å². The van der Waals surface area contributed by atoms with Crippen LogP contribution in [-0.2, 0) is 11.3 Å². The predicted octanol–water partition coefficient (Wildman–Crippen LogP) is 1.63. The monoisotopic (exact) mass is 374 g/mol. The number of carbonyl (C=O) groups is 2. The first-order valence-electron chi connectivity index (χ1n) is 8.98. The molecule has 0 radical (unpaired) electrons. The number of likely N-dealkylation sites (tertiary alicyclic amines) is 1. The minimum atomic E-state index is -0.323. The fourth-order valence-corrected chi connectivity index (χ4v) is 3.06. The Hall–Kier alpha value is -2.74. The highest BCUT2D eigenvalue weighted by atomic mass is 19.1. The lowest BCUT2D eigenvalue weighted by Crippen LogP contribution is -2.47. The first-order valence-corrected chi connectivity index (χ1v) is 8.98. The molecule has 1 aromatic carbocycles. The van der Waals surface area contributed by atoms with Gasteiger partial charge in [0, 0.05) is 37.3 Å². The van der Waals surface area contributed by atoms with E-state index >= 15 is 0 Å². The molecule has 0 unspecified atom stereocenters.